The molecule has 0 aliphatic carbocycles. The molecule has 0 saturated carbocycles. The van der Waals surface area contributed by atoms with Gasteiger partial charge in [-0.25, -0.2) is 28.5 Å². The molecule has 12 nitrogen and oxygen atoms in total. The van der Waals surface area contributed by atoms with Gasteiger partial charge in [-0.05, 0) is 26.3 Å². The van der Waals surface area contributed by atoms with Crippen LogP contribution in [0.4, 0.5) is 31.2 Å². The van der Waals surface area contributed by atoms with E-state index in [-0.39, 0.29) is 25.0 Å². The third-order valence-electron chi connectivity index (χ3n) is 5.31. The van der Waals surface area contributed by atoms with Crippen LogP contribution in [-0.4, -0.2) is 78.2 Å². The summed E-state index contributed by atoms with van der Waals surface area (Å²) < 4.78 is 35.4. The van der Waals surface area contributed by atoms with Gasteiger partial charge >= 0.3 is 6.16 Å². The van der Waals surface area contributed by atoms with Crippen molar-refractivity contribution in [1.82, 2.24) is 24.5 Å². The van der Waals surface area contributed by atoms with Crippen molar-refractivity contribution < 1.29 is 33.6 Å². The fourth-order valence-electron chi connectivity index (χ4n) is 3.89. The van der Waals surface area contributed by atoms with Crippen LogP contribution < -0.4 is 10.2 Å². The number of methoxy groups -OCH3 is 1. The lowest BCUT2D eigenvalue weighted by Crippen LogP contribution is -2.52. The van der Waals surface area contributed by atoms with Gasteiger partial charge in [-0.1, -0.05) is 0 Å². The third kappa shape index (κ3) is 6.08. The molecular formula is C21H27F2N7O5. The monoisotopic (exact) mass is 495 g/mol. The molecule has 0 aromatic carbocycles. The lowest BCUT2D eigenvalue weighted by atomic mass is 10.0. The number of anilines is 3. The summed E-state index contributed by atoms with van der Waals surface area (Å²) in [5.41, 5.74) is 1.50. The second-order valence-electron chi connectivity index (χ2n) is 8.05. The van der Waals surface area contributed by atoms with E-state index in [1.54, 1.807) is 12.3 Å². The molecule has 0 bridgehead atoms. The Balaban J connectivity index is 0.000000795. The number of carbonyl (C=O) groups is 1. The van der Waals surface area contributed by atoms with E-state index in [2.05, 4.69) is 25.3 Å². The summed E-state index contributed by atoms with van der Waals surface area (Å²) in [6, 6.07) is 3.57. The van der Waals surface area contributed by atoms with Gasteiger partial charge in [0.25, 0.3) is 5.92 Å². The quantitative estimate of drug-likeness (QED) is 0.398. The number of fused-ring (bicyclic) bond motifs is 1. The SMILES string of the molecule is COC1CCN(c2nccc(Nc3cc4c(cn3)nc(CO)n4C(C)C)n2)CC1(F)F.O=C(O)O. The molecule has 1 fully saturated rings. The number of aliphatic hydroxyl groups is 1. The fraction of sp³-hybridized carbons (Fsp3) is 0.476. The van der Waals surface area contributed by atoms with Gasteiger partial charge in [-0.15, -0.1) is 0 Å². The Labute approximate surface area is 199 Å². The van der Waals surface area contributed by atoms with Crippen molar-refractivity contribution in [2.45, 2.75) is 44.9 Å². The van der Waals surface area contributed by atoms with Crippen molar-refractivity contribution in [3.63, 3.8) is 0 Å². The number of carboxylic acid groups (broad SMARTS) is 2. The normalized spacial score (nSPS) is 17.2. The predicted molar refractivity (Wildman–Crippen MR) is 122 cm³/mol. The highest BCUT2D eigenvalue weighted by Gasteiger charge is 2.45. The van der Waals surface area contributed by atoms with Crippen LogP contribution in [0.5, 0.6) is 0 Å². The summed E-state index contributed by atoms with van der Waals surface area (Å²) in [6.45, 7) is 3.71. The Kier molecular flexibility index (Phi) is 7.96. The molecule has 4 heterocycles. The number of hydrogen-bond acceptors (Lipinski definition) is 9. The number of alkyl halides is 2. The van der Waals surface area contributed by atoms with E-state index in [1.807, 2.05) is 24.5 Å². The highest BCUT2D eigenvalue weighted by atomic mass is 19.3. The number of pyridine rings is 1. The second kappa shape index (κ2) is 10.7. The largest absolute Gasteiger partial charge is 0.503 e. The van der Waals surface area contributed by atoms with E-state index >= 15 is 0 Å². The lowest BCUT2D eigenvalue weighted by molar-refractivity contribution is -0.129. The maximum absolute atomic E-state index is 14.3. The predicted octanol–water partition coefficient (Wildman–Crippen LogP) is 3.12. The van der Waals surface area contributed by atoms with Crippen molar-refractivity contribution in [3.8, 4) is 0 Å². The minimum Gasteiger partial charge on any atom is -0.450 e. The minimum atomic E-state index is -2.98. The maximum Gasteiger partial charge on any atom is 0.503 e. The molecule has 3 aromatic rings. The number of ether oxygens (including phenoxy) is 1. The van der Waals surface area contributed by atoms with E-state index in [1.165, 1.54) is 18.2 Å². The Morgan fingerprint density at radius 2 is 2.00 bits per heavy atom. The van der Waals surface area contributed by atoms with Crippen molar-refractivity contribution in [1.29, 1.82) is 0 Å². The number of imidazole rings is 1. The Morgan fingerprint density at radius 1 is 1.29 bits per heavy atom. The first kappa shape index (κ1) is 26.0. The minimum absolute atomic E-state index is 0.102. The Hall–Kier alpha value is -3.65. The van der Waals surface area contributed by atoms with Gasteiger partial charge in [-0.2, -0.15) is 4.98 Å². The molecule has 1 unspecified atom stereocenters. The summed E-state index contributed by atoms with van der Waals surface area (Å²) in [5.74, 6) is -1.24. The van der Waals surface area contributed by atoms with Crippen molar-refractivity contribution in [3.05, 3.63) is 30.4 Å². The average Bonchev–Trinajstić information content (AvgIpc) is 3.16. The topological polar surface area (TPSA) is 159 Å². The number of nitrogens with zero attached hydrogens (tertiary/aromatic N) is 6. The van der Waals surface area contributed by atoms with Gasteiger partial charge in [0.05, 0.1) is 18.3 Å². The summed E-state index contributed by atoms with van der Waals surface area (Å²) in [5, 5.41) is 26.6. The highest BCUT2D eigenvalue weighted by molar-refractivity contribution is 5.79. The Bertz CT molecular complexity index is 1170. The lowest BCUT2D eigenvalue weighted by Gasteiger charge is -2.37. The number of rotatable bonds is 6. The van der Waals surface area contributed by atoms with Crippen LogP contribution in [0.15, 0.2) is 24.5 Å². The van der Waals surface area contributed by atoms with Gasteiger partial charge < -0.3 is 34.8 Å². The van der Waals surface area contributed by atoms with E-state index < -0.39 is 24.7 Å². The summed E-state index contributed by atoms with van der Waals surface area (Å²) in [4.78, 5) is 27.3. The fourth-order valence-corrected chi connectivity index (χ4v) is 3.89. The summed E-state index contributed by atoms with van der Waals surface area (Å²) >= 11 is 0. The maximum atomic E-state index is 14.3. The molecule has 4 rings (SSSR count). The average molecular weight is 495 g/mol. The van der Waals surface area contributed by atoms with Gasteiger partial charge in [0.2, 0.25) is 5.95 Å². The number of piperidine rings is 1. The smallest absolute Gasteiger partial charge is 0.450 e. The molecule has 1 aliphatic heterocycles. The molecule has 1 aliphatic rings. The van der Waals surface area contributed by atoms with Crippen molar-refractivity contribution >= 4 is 34.8 Å². The van der Waals surface area contributed by atoms with Crippen LogP contribution in [0, 0.1) is 0 Å². The zero-order valence-corrected chi connectivity index (χ0v) is 19.4. The Morgan fingerprint density at radius 3 is 2.60 bits per heavy atom. The molecule has 1 saturated heterocycles. The number of aromatic nitrogens is 5. The molecule has 0 spiro atoms. The van der Waals surface area contributed by atoms with Crippen LogP contribution >= 0.6 is 0 Å². The molecule has 3 aromatic heterocycles. The molecule has 0 radical (unpaired) electrons. The number of aliphatic hydroxyl groups excluding tert-OH is 1. The van der Waals surface area contributed by atoms with Gasteiger partial charge in [0, 0.05) is 32.0 Å². The summed E-state index contributed by atoms with van der Waals surface area (Å²) in [6.07, 6.45) is 0.394. The standard InChI is InChI=1S/C20H25F2N7O2.CH2O3/c1-12(2)29-14-8-17(24-9-13(14)25-18(29)10-30)26-16-4-6-23-19(27-16)28-7-5-15(31-3)20(21,22)11-28;2-1(3)4/h4,6,8-9,12,15,30H,5,7,10-11H2,1-3H3,(H,23,24,26,27);(H2,2,3,4). The molecule has 4 N–H and O–H groups in total. The molecular weight excluding hydrogens is 468 g/mol. The van der Waals surface area contributed by atoms with Crippen LogP contribution in [0.1, 0.15) is 32.1 Å². The second-order valence-corrected chi connectivity index (χ2v) is 8.05. The zero-order chi connectivity index (χ0) is 25.8. The van der Waals surface area contributed by atoms with E-state index in [9.17, 15) is 13.9 Å². The van der Waals surface area contributed by atoms with Crippen LogP contribution in [-0.2, 0) is 11.3 Å². The van der Waals surface area contributed by atoms with Gasteiger partial charge in [0.15, 0.2) is 0 Å². The first-order valence-corrected chi connectivity index (χ1v) is 10.7. The summed E-state index contributed by atoms with van der Waals surface area (Å²) in [7, 11) is 1.30. The number of hydrogen-bond donors (Lipinski definition) is 4. The first-order valence-electron chi connectivity index (χ1n) is 10.7. The van der Waals surface area contributed by atoms with Crippen molar-refractivity contribution in [2.75, 3.05) is 30.4 Å². The van der Waals surface area contributed by atoms with E-state index in [0.717, 1.165) is 5.52 Å². The molecule has 0 amide bonds. The van der Waals surface area contributed by atoms with Gasteiger partial charge in [-0.3, -0.25) is 0 Å². The van der Waals surface area contributed by atoms with E-state index in [0.29, 0.717) is 29.5 Å². The first-order chi connectivity index (χ1) is 16.6. The van der Waals surface area contributed by atoms with Crippen LogP contribution in [0.3, 0.4) is 0 Å². The number of halogens is 2. The molecule has 35 heavy (non-hydrogen) atoms. The zero-order valence-electron chi connectivity index (χ0n) is 19.4. The van der Waals surface area contributed by atoms with E-state index in [4.69, 9.17) is 19.7 Å². The molecule has 14 heteroatoms. The van der Waals surface area contributed by atoms with Gasteiger partial charge in [0.1, 0.15) is 35.7 Å². The molecule has 1 atom stereocenters. The molecule has 190 valence electrons. The third-order valence-corrected chi connectivity index (χ3v) is 5.31. The van der Waals surface area contributed by atoms with Crippen molar-refractivity contribution in [2.24, 2.45) is 0 Å². The van der Waals surface area contributed by atoms with Crippen LogP contribution in [0.2, 0.25) is 0 Å². The highest BCUT2D eigenvalue weighted by Crippen LogP contribution is 2.31. The van der Waals surface area contributed by atoms with Crippen LogP contribution in [0.25, 0.3) is 11.0 Å². The number of nitrogens with one attached hydrogen (secondary N) is 1.